The zero-order chi connectivity index (χ0) is 15.9. The summed E-state index contributed by atoms with van der Waals surface area (Å²) in [4.78, 5) is 0. The number of nitriles is 1. The number of rotatable bonds is 7. The van der Waals surface area contributed by atoms with Crippen molar-refractivity contribution in [1.29, 1.82) is 5.26 Å². The molecule has 0 amide bonds. The van der Waals surface area contributed by atoms with Gasteiger partial charge in [-0.3, -0.25) is 0 Å². The van der Waals surface area contributed by atoms with Crippen molar-refractivity contribution in [3.63, 3.8) is 0 Å². The predicted octanol–water partition coefficient (Wildman–Crippen LogP) is 3.30. The Morgan fingerprint density at radius 3 is 2.59 bits per heavy atom. The van der Waals surface area contributed by atoms with Crippen LogP contribution in [0.25, 0.3) is 0 Å². The Labute approximate surface area is 138 Å². The van der Waals surface area contributed by atoms with Crippen molar-refractivity contribution in [2.75, 3.05) is 11.9 Å². The summed E-state index contributed by atoms with van der Waals surface area (Å²) in [5.74, 6) is 0. The van der Waals surface area contributed by atoms with Crippen LogP contribution in [0.15, 0.2) is 9.37 Å². The lowest BCUT2D eigenvalue weighted by atomic mass is 10.1. The zero-order valence-electron chi connectivity index (χ0n) is 12.9. The summed E-state index contributed by atoms with van der Waals surface area (Å²) in [5.41, 5.74) is 2.49. The van der Waals surface area contributed by atoms with E-state index in [1.54, 1.807) is 0 Å². The maximum absolute atomic E-state index is 9.47. The Morgan fingerprint density at radius 2 is 1.95 bits per heavy atom. The lowest BCUT2D eigenvalue weighted by Gasteiger charge is -2.08. The molecule has 0 unspecified atom stereocenters. The minimum absolute atomic E-state index is 0.606. The molecule has 0 aliphatic heterocycles. The Hall–Kier alpha value is -1.72. The molecule has 0 fully saturated rings. The van der Waals surface area contributed by atoms with Gasteiger partial charge in [0.05, 0.1) is 11.3 Å². The first kappa shape index (κ1) is 16.6. The quantitative estimate of drug-likeness (QED) is 0.831. The summed E-state index contributed by atoms with van der Waals surface area (Å²) in [5, 5.41) is 30.7. The topological polar surface area (TPSA) is 87.4 Å². The molecule has 8 heteroatoms. The molecule has 2 heterocycles. The summed E-state index contributed by atoms with van der Waals surface area (Å²) < 4.78 is 0.760. The molecular weight excluding hydrogens is 316 g/mol. The molecule has 0 atom stereocenters. The number of nitrogens with one attached hydrogen (secondary N) is 1. The fourth-order valence-corrected chi connectivity index (χ4v) is 3.72. The van der Waals surface area contributed by atoms with Gasteiger partial charge in [0.1, 0.15) is 11.1 Å². The van der Waals surface area contributed by atoms with Crippen LogP contribution in [0.5, 0.6) is 0 Å². The van der Waals surface area contributed by atoms with Gasteiger partial charge in [0, 0.05) is 6.54 Å². The minimum Gasteiger partial charge on any atom is -0.360 e. The van der Waals surface area contributed by atoms with Gasteiger partial charge in [0.15, 0.2) is 4.34 Å². The van der Waals surface area contributed by atoms with E-state index < -0.39 is 0 Å². The van der Waals surface area contributed by atoms with E-state index in [0.717, 1.165) is 46.5 Å². The van der Waals surface area contributed by atoms with Crippen LogP contribution in [-0.4, -0.2) is 26.9 Å². The van der Waals surface area contributed by atoms with Crippen LogP contribution in [0.4, 0.5) is 5.13 Å². The van der Waals surface area contributed by atoms with Crippen LogP contribution in [0.1, 0.15) is 44.0 Å². The summed E-state index contributed by atoms with van der Waals surface area (Å²) in [6.45, 7) is 7.02. The second kappa shape index (κ2) is 8.06. The molecule has 0 aliphatic carbocycles. The average Bonchev–Trinajstić information content (AvgIpc) is 2.99. The third kappa shape index (κ3) is 3.72. The highest BCUT2D eigenvalue weighted by Gasteiger charge is 2.17. The Kier molecular flexibility index (Phi) is 6.10. The van der Waals surface area contributed by atoms with Crippen molar-refractivity contribution in [2.45, 2.75) is 49.4 Å². The molecule has 2 aromatic rings. The van der Waals surface area contributed by atoms with Gasteiger partial charge in [0.25, 0.3) is 0 Å². The number of aryl methyl sites for hydroxylation is 1. The Bertz CT molecular complexity index is 676. The second-order valence-electron chi connectivity index (χ2n) is 4.53. The van der Waals surface area contributed by atoms with Crippen molar-refractivity contribution in [3.05, 3.63) is 16.8 Å². The molecule has 0 bridgehead atoms. The summed E-state index contributed by atoms with van der Waals surface area (Å²) in [6.07, 6.45) is 2.58. The highest BCUT2D eigenvalue weighted by atomic mass is 32.2. The van der Waals surface area contributed by atoms with Crippen LogP contribution in [-0.2, 0) is 12.8 Å². The monoisotopic (exact) mass is 334 g/mol. The molecule has 0 saturated carbocycles. The van der Waals surface area contributed by atoms with E-state index in [0.29, 0.717) is 10.6 Å². The largest absolute Gasteiger partial charge is 0.360 e. The van der Waals surface area contributed by atoms with Gasteiger partial charge in [-0.2, -0.15) is 10.4 Å². The molecule has 0 aliphatic rings. The number of hydrogen-bond acceptors (Lipinski definition) is 8. The van der Waals surface area contributed by atoms with Gasteiger partial charge < -0.3 is 5.32 Å². The third-order valence-electron chi connectivity index (χ3n) is 3.04. The molecule has 116 valence electrons. The molecule has 0 spiro atoms. The molecule has 0 aromatic carbocycles. The van der Waals surface area contributed by atoms with Crippen LogP contribution >= 0.6 is 23.1 Å². The summed E-state index contributed by atoms with van der Waals surface area (Å²) >= 11 is 2.81. The Morgan fingerprint density at radius 1 is 1.14 bits per heavy atom. The van der Waals surface area contributed by atoms with Gasteiger partial charge in [-0.15, -0.1) is 15.3 Å². The van der Waals surface area contributed by atoms with Crippen molar-refractivity contribution >= 4 is 28.2 Å². The number of hydrogen-bond donors (Lipinski definition) is 1. The van der Waals surface area contributed by atoms with Crippen molar-refractivity contribution in [3.8, 4) is 6.07 Å². The average molecular weight is 334 g/mol. The van der Waals surface area contributed by atoms with Gasteiger partial charge in [-0.05, 0) is 36.6 Å². The molecular formula is C14H18N6S2. The molecule has 0 radical (unpaired) electrons. The van der Waals surface area contributed by atoms with Crippen LogP contribution in [0.3, 0.4) is 0 Å². The summed E-state index contributed by atoms with van der Waals surface area (Å²) in [7, 11) is 0. The fourth-order valence-electron chi connectivity index (χ4n) is 1.98. The molecule has 1 N–H and O–H groups in total. The summed E-state index contributed by atoms with van der Waals surface area (Å²) in [6, 6.07) is 2.27. The van der Waals surface area contributed by atoms with Crippen LogP contribution in [0.2, 0.25) is 0 Å². The van der Waals surface area contributed by atoms with E-state index in [1.807, 2.05) is 13.8 Å². The van der Waals surface area contributed by atoms with Gasteiger partial charge in [0.2, 0.25) is 5.13 Å². The van der Waals surface area contributed by atoms with Crippen LogP contribution in [0, 0.1) is 11.3 Å². The molecule has 2 aromatic heterocycles. The number of anilines is 1. The lowest BCUT2D eigenvalue weighted by Crippen LogP contribution is -2.04. The SMILES string of the molecule is CCCNc1nnc(Sc2nnc(CC)c(CC)c2C#N)s1. The van der Waals surface area contributed by atoms with Gasteiger partial charge in [-0.25, -0.2) is 0 Å². The lowest BCUT2D eigenvalue weighted by molar-refractivity contribution is 0.817. The third-order valence-corrected chi connectivity index (χ3v) is 4.95. The van der Waals surface area contributed by atoms with E-state index in [2.05, 4.69) is 38.7 Å². The first-order valence-corrected chi connectivity index (χ1v) is 8.90. The zero-order valence-corrected chi connectivity index (χ0v) is 14.5. The molecule has 6 nitrogen and oxygen atoms in total. The van der Waals surface area contributed by atoms with E-state index in [4.69, 9.17) is 0 Å². The first-order valence-electron chi connectivity index (χ1n) is 7.27. The molecule has 2 rings (SSSR count). The maximum Gasteiger partial charge on any atom is 0.206 e. The van der Waals surface area contributed by atoms with Crippen molar-refractivity contribution < 1.29 is 0 Å². The van der Waals surface area contributed by atoms with Crippen molar-refractivity contribution in [2.24, 2.45) is 0 Å². The fraction of sp³-hybridized carbons (Fsp3) is 0.500. The van der Waals surface area contributed by atoms with E-state index >= 15 is 0 Å². The normalized spacial score (nSPS) is 10.5. The van der Waals surface area contributed by atoms with E-state index in [9.17, 15) is 5.26 Å². The van der Waals surface area contributed by atoms with Crippen LogP contribution < -0.4 is 5.32 Å². The number of nitrogens with zero attached hydrogens (tertiary/aromatic N) is 5. The molecule has 22 heavy (non-hydrogen) atoms. The number of aromatic nitrogens is 4. The second-order valence-corrected chi connectivity index (χ2v) is 6.74. The molecule has 0 saturated heterocycles. The van der Waals surface area contributed by atoms with Gasteiger partial charge in [-0.1, -0.05) is 32.1 Å². The standard InChI is InChI=1S/C14H18N6S2/c1-4-7-16-13-19-20-14(22-13)21-12-10(8-15)9(5-2)11(6-3)17-18-12/h4-7H2,1-3H3,(H,16,19). The first-order chi connectivity index (χ1) is 10.7. The maximum atomic E-state index is 9.47. The predicted molar refractivity (Wildman–Crippen MR) is 88.3 cm³/mol. The van der Waals surface area contributed by atoms with Gasteiger partial charge >= 0.3 is 0 Å². The smallest absolute Gasteiger partial charge is 0.206 e. The Balaban J connectivity index is 2.26. The van der Waals surface area contributed by atoms with Crippen molar-refractivity contribution in [1.82, 2.24) is 20.4 Å². The minimum atomic E-state index is 0.606. The van der Waals surface area contributed by atoms with E-state index in [1.165, 1.54) is 23.1 Å². The van der Waals surface area contributed by atoms with E-state index in [-0.39, 0.29) is 0 Å². The highest BCUT2D eigenvalue weighted by molar-refractivity contribution is 8.01. The highest BCUT2D eigenvalue weighted by Crippen LogP contribution is 2.33.